The van der Waals surface area contributed by atoms with Gasteiger partial charge in [-0.15, -0.1) is 11.3 Å². The molecule has 2 rings (SSSR count). The first-order valence-electron chi connectivity index (χ1n) is 4.58. The van der Waals surface area contributed by atoms with Crippen LogP contribution in [0.2, 0.25) is 0 Å². The van der Waals surface area contributed by atoms with Gasteiger partial charge in [-0.3, -0.25) is 0 Å². The summed E-state index contributed by atoms with van der Waals surface area (Å²) in [5.74, 6) is 0. The Morgan fingerprint density at radius 2 is 2.40 bits per heavy atom. The number of thiophene rings is 1. The quantitative estimate of drug-likeness (QED) is 0.850. The highest BCUT2D eigenvalue weighted by Crippen LogP contribution is 2.14. The summed E-state index contributed by atoms with van der Waals surface area (Å²) in [4.78, 5) is 3.23. The third-order valence-corrected chi connectivity index (χ3v) is 2.97. The van der Waals surface area contributed by atoms with E-state index in [1.165, 1.54) is 4.88 Å². The van der Waals surface area contributed by atoms with E-state index < -0.39 is 0 Å². The summed E-state index contributed by atoms with van der Waals surface area (Å²) < 4.78 is 5.10. The van der Waals surface area contributed by atoms with Gasteiger partial charge in [-0.2, -0.15) is 0 Å². The van der Waals surface area contributed by atoms with Crippen LogP contribution in [0.25, 0.3) is 0 Å². The van der Waals surface area contributed by atoms with Crippen LogP contribution in [0.15, 0.2) is 21.9 Å². The Morgan fingerprint density at radius 1 is 1.53 bits per heavy atom. The molecule has 0 saturated carbocycles. The van der Waals surface area contributed by atoms with Crippen molar-refractivity contribution in [2.75, 3.05) is 24.2 Å². The molecule has 0 aromatic carbocycles. The van der Waals surface area contributed by atoms with Crippen molar-refractivity contribution in [1.29, 1.82) is 0 Å². The fourth-order valence-electron chi connectivity index (χ4n) is 1.21. The maximum Gasteiger partial charge on any atom is 0.319 e. The van der Waals surface area contributed by atoms with Crippen molar-refractivity contribution in [2.45, 2.75) is 6.42 Å². The zero-order valence-corrected chi connectivity index (χ0v) is 9.20. The van der Waals surface area contributed by atoms with E-state index in [0.717, 1.165) is 13.0 Å². The summed E-state index contributed by atoms with van der Waals surface area (Å²) in [5.41, 5.74) is 5.34. The standard InChI is InChI=1S/C9H12N4OS/c1-13(9-12-11-8(10)14-9)5-4-7-3-2-6-15-7/h2-3,6H,4-5H2,1H3,(H2,10,11). The molecular weight excluding hydrogens is 212 g/mol. The number of nitrogens with two attached hydrogens (primary N) is 1. The molecule has 15 heavy (non-hydrogen) atoms. The number of likely N-dealkylation sites (N-methyl/N-ethyl adjacent to an activating group) is 1. The smallest absolute Gasteiger partial charge is 0.319 e. The maximum atomic E-state index is 5.34. The summed E-state index contributed by atoms with van der Waals surface area (Å²) in [6.07, 6.45) is 0.969. The van der Waals surface area contributed by atoms with Gasteiger partial charge in [0, 0.05) is 18.5 Å². The number of anilines is 2. The molecule has 0 aliphatic heterocycles. The highest BCUT2D eigenvalue weighted by atomic mass is 32.1. The number of nitrogen functional groups attached to an aromatic ring is 1. The Bertz CT molecular complexity index is 411. The lowest BCUT2D eigenvalue weighted by Crippen LogP contribution is -2.20. The second kappa shape index (κ2) is 4.31. The largest absolute Gasteiger partial charge is 0.390 e. The van der Waals surface area contributed by atoms with E-state index in [0.29, 0.717) is 6.01 Å². The number of nitrogens with zero attached hydrogens (tertiary/aromatic N) is 3. The van der Waals surface area contributed by atoms with Crippen LogP contribution in [-0.4, -0.2) is 23.8 Å². The van der Waals surface area contributed by atoms with E-state index in [2.05, 4.69) is 21.6 Å². The molecule has 0 radical (unpaired) electrons. The van der Waals surface area contributed by atoms with Crippen LogP contribution in [0.3, 0.4) is 0 Å². The van der Waals surface area contributed by atoms with Gasteiger partial charge in [0.15, 0.2) is 0 Å². The molecule has 0 spiro atoms. The Kier molecular flexibility index (Phi) is 2.86. The average Bonchev–Trinajstić information content (AvgIpc) is 2.84. The van der Waals surface area contributed by atoms with E-state index in [-0.39, 0.29) is 6.01 Å². The number of rotatable bonds is 4. The van der Waals surface area contributed by atoms with Gasteiger partial charge in [0.25, 0.3) is 0 Å². The van der Waals surface area contributed by atoms with Crippen molar-refractivity contribution in [2.24, 2.45) is 0 Å². The van der Waals surface area contributed by atoms with Crippen LogP contribution in [0, 0.1) is 0 Å². The van der Waals surface area contributed by atoms with Gasteiger partial charge in [-0.25, -0.2) is 0 Å². The Morgan fingerprint density at radius 3 is 3.00 bits per heavy atom. The number of hydrogen-bond acceptors (Lipinski definition) is 6. The van der Waals surface area contributed by atoms with Crippen molar-refractivity contribution < 1.29 is 4.42 Å². The van der Waals surface area contributed by atoms with Gasteiger partial charge in [0.2, 0.25) is 0 Å². The average molecular weight is 224 g/mol. The van der Waals surface area contributed by atoms with Gasteiger partial charge in [-0.1, -0.05) is 16.3 Å². The van der Waals surface area contributed by atoms with Gasteiger partial charge >= 0.3 is 12.0 Å². The molecule has 0 atom stereocenters. The second-order valence-electron chi connectivity index (χ2n) is 3.17. The molecule has 0 fully saturated rings. The molecular formula is C9H12N4OS. The first kappa shape index (κ1) is 9.97. The first-order valence-corrected chi connectivity index (χ1v) is 5.46. The van der Waals surface area contributed by atoms with Gasteiger partial charge < -0.3 is 15.1 Å². The molecule has 80 valence electrons. The topological polar surface area (TPSA) is 68.2 Å². The minimum absolute atomic E-state index is 0.105. The summed E-state index contributed by atoms with van der Waals surface area (Å²) in [6.45, 7) is 0.835. The summed E-state index contributed by atoms with van der Waals surface area (Å²) >= 11 is 1.75. The highest BCUT2D eigenvalue weighted by Gasteiger charge is 2.08. The molecule has 5 nitrogen and oxygen atoms in total. The van der Waals surface area contributed by atoms with E-state index in [9.17, 15) is 0 Å². The molecule has 2 N–H and O–H groups in total. The van der Waals surface area contributed by atoms with Crippen molar-refractivity contribution in [1.82, 2.24) is 10.2 Å². The predicted molar refractivity (Wildman–Crippen MR) is 60.0 cm³/mol. The molecule has 0 bridgehead atoms. The third kappa shape index (κ3) is 2.47. The number of hydrogen-bond donors (Lipinski definition) is 1. The summed E-state index contributed by atoms with van der Waals surface area (Å²) in [6, 6.07) is 4.72. The van der Waals surface area contributed by atoms with Gasteiger partial charge in [-0.05, 0) is 17.9 Å². The summed E-state index contributed by atoms with van der Waals surface area (Å²) in [5, 5.41) is 9.48. The lowest BCUT2D eigenvalue weighted by molar-refractivity contribution is 0.560. The van der Waals surface area contributed by atoms with E-state index >= 15 is 0 Å². The predicted octanol–water partition coefficient (Wildman–Crippen LogP) is 1.39. The van der Waals surface area contributed by atoms with E-state index in [1.807, 2.05) is 18.0 Å². The Labute approximate surface area is 91.5 Å². The van der Waals surface area contributed by atoms with E-state index in [4.69, 9.17) is 10.2 Å². The SMILES string of the molecule is CN(CCc1cccs1)c1nnc(N)o1. The molecule has 0 saturated heterocycles. The number of aromatic nitrogens is 2. The molecule has 0 amide bonds. The second-order valence-corrected chi connectivity index (χ2v) is 4.21. The van der Waals surface area contributed by atoms with E-state index in [1.54, 1.807) is 11.3 Å². The highest BCUT2D eigenvalue weighted by molar-refractivity contribution is 7.09. The molecule has 6 heteroatoms. The monoisotopic (exact) mass is 224 g/mol. The van der Waals surface area contributed by atoms with Crippen molar-refractivity contribution >= 4 is 23.4 Å². The van der Waals surface area contributed by atoms with Crippen molar-refractivity contribution in [3.8, 4) is 0 Å². The van der Waals surface area contributed by atoms with Crippen LogP contribution in [0.1, 0.15) is 4.88 Å². The van der Waals surface area contributed by atoms with Crippen molar-refractivity contribution in [3.05, 3.63) is 22.4 Å². The minimum Gasteiger partial charge on any atom is -0.390 e. The molecule has 2 aromatic rings. The van der Waals surface area contributed by atoms with Gasteiger partial charge in [0.05, 0.1) is 0 Å². The van der Waals surface area contributed by atoms with Crippen LogP contribution in [0.5, 0.6) is 0 Å². The fraction of sp³-hybridized carbons (Fsp3) is 0.333. The molecule has 0 unspecified atom stereocenters. The normalized spacial score (nSPS) is 10.5. The summed E-state index contributed by atoms with van der Waals surface area (Å²) in [7, 11) is 1.90. The van der Waals surface area contributed by atoms with Crippen LogP contribution in [0.4, 0.5) is 12.0 Å². The zero-order valence-electron chi connectivity index (χ0n) is 8.38. The first-order chi connectivity index (χ1) is 7.25. The molecule has 2 aromatic heterocycles. The molecule has 0 aliphatic carbocycles. The lowest BCUT2D eigenvalue weighted by atomic mass is 10.3. The fourth-order valence-corrected chi connectivity index (χ4v) is 1.91. The Balaban J connectivity index is 1.90. The molecule has 2 heterocycles. The van der Waals surface area contributed by atoms with Crippen molar-refractivity contribution in [3.63, 3.8) is 0 Å². The van der Waals surface area contributed by atoms with Crippen LogP contribution in [-0.2, 0) is 6.42 Å². The minimum atomic E-state index is 0.105. The molecule has 0 aliphatic rings. The zero-order chi connectivity index (χ0) is 10.7. The maximum absolute atomic E-state index is 5.34. The third-order valence-electron chi connectivity index (χ3n) is 2.03. The van der Waals surface area contributed by atoms with Crippen LogP contribution >= 0.6 is 11.3 Å². The van der Waals surface area contributed by atoms with Crippen LogP contribution < -0.4 is 10.6 Å². The van der Waals surface area contributed by atoms with Gasteiger partial charge in [0.1, 0.15) is 0 Å². The lowest BCUT2D eigenvalue weighted by Gasteiger charge is -2.12. The Hall–Kier alpha value is -1.56.